The summed E-state index contributed by atoms with van der Waals surface area (Å²) >= 11 is 0. The predicted molar refractivity (Wildman–Crippen MR) is 77.6 cm³/mol. The third kappa shape index (κ3) is 2.56. The van der Waals surface area contributed by atoms with Crippen LogP contribution in [-0.2, 0) is 10.0 Å². The van der Waals surface area contributed by atoms with Crippen LogP contribution in [0, 0.1) is 0 Å². The largest absolute Gasteiger partial charge is 0.497 e. The molecule has 1 atom stereocenters. The van der Waals surface area contributed by atoms with Crippen LogP contribution in [0.1, 0.15) is 24.6 Å². The summed E-state index contributed by atoms with van der Waals surface area (Å²) in [6.07, 6.45) is 3.19. The molecule has 0 amide bonds. The number of rotatable bonds is 4. The van der Waals surface area contributed by atoms with E-state index in [0.717, 1.165) is 12.8 Å². The zero-order chi connectivity index (χ0) is 14.9. The maximum absolute atomic E-state index is 12.8. The second-order valence-corrected chi connectivity index (χ2v) is 6.86. The molecule has 1 aromatic carbocycles. The van der Waals surface area contributed by atoms with Crippen molar-refractivity contribution >= 4 is 10.0 Å². The van der Waals surface area contributed by atoms with E-state index in [2.05, 4.69) is 0 Å². The average molecular weight is 307 g/mol. The molecule has 1 aromatic heterocycles. The van der Waals surface area contributed by atoms with Gasteiger partial charge >= 0.3 is 0 Å². The Balaban J connectivity index is 1.93. The molecule has 21 heavy (non-hydrogen) atoms. The summed E-state index contributed by atoms with van der Waals surface area (Å²) < 4.78 is 37.5. The normalized spacial score (nSPS) is 19.8. The number of benzene rings is 1. The number of nitrogens with zero attached hydrogens (tertiary/aromatic N) is 1. The van der Waals surface area contributed by atoms with Gasteiger partial charge in [-0.05, 0) is 49.2 Å². The van der Waals surface area contributed by atoms with Gasteiger partial charge in [0.25, 0.3) is 0 Å². The Morgan fingerprint density at radius 1 is 1.24 bits per heavy atom. The van der Waals surface area contributed by atoms with E-state index >= 15 is 0 Å². The fraction of sp³-hybridized carbons (Fsp3) is 0.333. The van der Waals surface area contributed by atoms with Crippen LogP contribution in [0.5, 0.6) is 5.75 Å². The van der Waals surface area contributed by atoms with Gasteiger partial charge in [0.15, 0.2) is 0 Å². The lowest BCUT2D eigenvalue weighted by Gasteiger charge is -2.22. The molecule has 3 rings (SSSR count). The van der Waals surface area contributed by atoms with Gasteiger partial charge < -0.3 is 9.15 Å². The summed E-state index contributed by atoms with van der Waals surface area (Å²) in [7, 11) is -1.97. The van der Waals surface area contributed by atoms with Crippen molar-refractivity contribution in [3.8, 4) is 5.75 Å². The second kappa shape index (κ2) is 5.54. The Morgan fingerprint density at radius 2 is 2.00 bits per heavy atom. The summed E-state index contributed by atoms with van der Waals surface area (Å²) in [5.74, 6) is 1.34. The van der Waals surface area contributed by atoms with Gasteiger partial charge in [-0.15, -0.1) is 0 Å². The molecule has 0 aliphatic carbocycles. The monoisotopic (exact) mass is 307 g/mol. The molecule has 2 aromatic rings. The van der Waals surface area contributed by atoms with Crippen LogP contribution in [0.4, 0.5) is 0 Å². The fourth-order valence-electron chi connectivity index (χ4n) is 2.68. The Hall–Kier alpha value is -1.79. The van der Waals surface area contributed by atoms with Crippen LogP contribution in [0.3, 0.4) is 0 Å². The van der Waals surface area contributed by atoms with Crippen LogP contribution in [-0.4, -0.2) is 26.4 Å². The molecule has 0 saturated carbocycles. The lowest BCUT2D eigenvalue weighted by atomic mass is 10.2. The standard InChI is InChI=1S/C15H17NO4S/c1-19-12-6-8-13(9-7-12)21(17,18)16-10-2-4-14(16)15-5-3-11-20-15/h3,5-9,11,14H,2,4,10H2,1H3/t14-/m0/s1. The lowest BCUT2D eigenvalue weighted by molar-refractivity contribution is 0.339. The molecule has 1 aliphatic rings. The number of hydrogen-bond donors (Lipinski definition) is 0. The van der Waals surface area contributed by atoms with Crippen LogP contribution < -0.4 is 4.74 Å². The van der Waals surface area contributed by atoms with E-state index in [1.54, 1.807) is 43.7 Å². The highest BCUT2D eigenvalue weighted by Crippen LogP contribution is 2.36. The van der Waals surface area contributed by atoms with Crippen molar-refractivity contribution < 1.29 is 17.6 Å². The van der Waals surface area contributed by atoms with Gasteiger partial charge in [-0.3, -0.25) is 0 Å². The first-order valence-corrected chi connectivity index (χ1v) is 8.26. The maximum atomic E-state index is 12.8. The van der Waals surface area contributed by atoms with E-state index in [9.17, 15) is 8.42 Å². The van der Waals surface area contributed by atoms with Crippen LogP contribution in [0.2, 0.25) is 0 Å². The Morgan fingerprint density at radius 3 is 2.62 bits per heavy atom. The van der Waals surface area contributed by atoms with Gasteiger partial charge in [0.05, 0.1) is 24.3 Å². The molecule has 1 fully saturated rings. The highest BCUT2D eigenvalue weighted by molar-refractivity contribution is 7.89. The minimum atomic E-state index is -3.52. The molecule has 0 spiro atoms. The van der Waals surface area contributed by atoms with E-state index in [-0.39, 0.29) is 10.9 Å². The van der Waals surface area contributed by atoms with Crippen LogP contribution >= 0.6 is 0 Å². The third-order valence-corrected chi connectivity index (χ3v) is 5.66. The Labute approximate surface area is 124 Å². The summed E-state index contributed by atoms with van der Waals surface area (Å²) in [5.41, 5.74) is 0. The molecule has 0 N–H and O–H groups in total. The van der Waals surface area contributed by atoms with E-state index in [1.165, 1.54) is 4.31 Å². The molecular formula is C15H17NO4S. The van der Waals surface area contributed by atoms with Crippen molar-refractivity contribution in [1.82, 2.24) is 4.31 Å². The summed E-state index contributed by atoms with van der Waals surface area (Å²) in [6, 6.07) is 9.86. The van der Waals surface area contributed by atoms with Gasteiger partial charge in [-0.25, -0.2) is 8.42 Å². The van der Waals surface area contributed by atoms with Gasteiger partial charge in [0.2, 0.25) is 10.0 Å². The molecule has 0 bridgehead atoms. The zero-order valence-electron chi connectivity index (χ0n) is 11.7. The Bertz CT molecular complexity index is 692. The summed E-state index contributed by atoms with van der Waals surface area (Å²) in [5, 5.41) is 0. The topological polar surface area (TPSA) is 59.8 Å². The maximum Gasteiger partial charge on any atom is 0.243 e. The van der Waals surface area contributed by atoms with Crippen molar-refractivity contribution in [3.05, 3.63) is 48.4 Å². The lowest BCUT2D eigenvalue weighted by Crippen LogP contribution is -2.30. The third-order valence-electron chi connectivity index (χ3n) is 3.74. The minimum absolute atomic E-state index is 0.216. The number of methoxy groups -OCH3 is 1. The molecule has 112 valence electrons. The zero-order valence-corrected chi connectivity index (χ0v) is 12.5. The average Bonchev–Trinajstić information content (AvgIpc) is 3.17. The summed E-state index contributed by atoms with van der Waals surface area (Å²) in [4.78, 5) is 0.279. The predicted octanol–water partition coefficient (Wildman–Crippen LogP) is 2.81. The highest BCUT2D eigenvalue weighted by Gasteiger charge is 2.37. The van der Waals surface area contributed by atoms with E-state index in [0.29, 0.717) is 18.1 Å². The SMILES string of the molecule is COc1ccc(S(=O)(=O)N2CCC[C@H]2c2ccco2)cc1. The number of ether oxygens (including phenoxy) is 1. The number of hydrogen-bond acceptors (Lipinski definition) is 4. The molecule has 6 heteroatoms. The molecule has 0 unspecified atom stereocenters. The van der Waals surface area contributed by atoms with Gasteiger partial charge in [-0.1, -0.05) is 0 Å². The minimum Gasteiger partial charge on any atom is -0.497 e. The molecule has 1 saturated heterocycles. The number of sulfonamides is 1. The van der Waals surface area contributed by atoms with E-state index in [1.807, 2.05) is 6.07 Å². The molecule has 1 aliphatic heterocycles. The van der Waals surface area contributed by atoms with Crippen LogP contribution in [0.25, 0.3) is 0 Å². The van der Waals surface area contributed by atoms with Crippen molar-refractivity contribution in [1.29, 1.82) is 0 Å². The molecule has 5 nitrogen and oxygen atoms in total. The van der Waals surface area contributed by atoms with E-state index < -0.39 is 10.0 Å². The fourth-order valence-corrected chi connectivity index (χ4v) is 4.34. The highest BCUT2D eigenvalue weighted by atomic mass is 32.2. The van der Waals surface area contributed by atoms with Gasteiger partial charge in [0, 0.05) is 6.54 Å². The van der Waals surface area contributed by atoms with Crippen molar-refractivity contribution in [2.45, 2.75) is 23.8 Å². The van der Waals surface area contributed by atoms with Gasteiger partial charge in [-0.2, -0.15) is 4.31 Å². The van der Waals surface area contributed by atoms with Crippen molar-refractivity contribution in [2.75, 3.05) is 13.7 Å². The molecular weight excluding hydrogens is 290 g/mol. The van der Waals surface area contributed by atoms with E-state index in [4.69, 9.17) is 9.15 Å². The Kier molecular flexibility index (Phi) is 3.73. The smallest absolute Gasteiger partial charge is 0.243 e. The van der Waals surface area contributed by atoms with Crippen molar-refractivity contribution in [3.63, 3.8) is 0 Å². The molecule has 2 heterocycles. The van der Waals surface area contributed by atoms with Gasteiger partial charge in [0.1, 0.15) is 11.5 Å². The van der Waals surface area contributed by atoms with Crippen LogP contribution in [0.15, 0.2) is 52.0 Å². The summed E-state index contributed by atoms with van der Waals surface area (Å²) in [6.45, 7) is 0.514. The first-order chi connectivity index (χ1) is 10.1. The number of furan rings is 1. The first-order valence-electron chi connectivity index (χ1n) is 6.82. The quantitative estimate of drug-likeness (QED) is 0.871. The first kappa shape index (κ1) is 14.2. The van der Waals surface area contributed by atoms with Crippen molar-refractivity contribution in [2.24, 2.45) is 0 Å². The second-order valence-electron chi connectivity index (χ2n) is 4.96. The molecule has 0 radical (unpaired) electrons.